The molecule has 0 aliphatic rings. The topological polar surface area (TPSA) is 55.8 Å². The van der Waals surface area contributed by atoms with Crippen molar-refractivity contribution < 1.29 is 19.4 Å². The average Bonchev–Trinajstić information content (AvgIpc) is 2.54. The van der Waals surface area contributed by atoms with E-state index in [1.54, 1.807) is 0 Å². The summed E-state index contributed by atoms with van der Waals surface area (Å²) in [6.45, 7) is 5.57. The number of ether oxygens (including phenoxy) is 2. The van der Waals surface area contributed by atoms with Crippen LogP contribution in [0.25, 0.3) is 0 Å². The van der Waals surface area contributed by atoms with E-state index < -0.39 is 5.97 Å². The standard InChI is InChI=1S/C19H28O4/c1-3-13-22-17-12-11-16(18(15-17)23-14-4-2)9-7-5-6-8-10-19(20)21/h5-6,11-12,15H,3-4,7-10,13-14H2,1-2H3,(H,20,21)/b6-5+. The molecule has 0 fully saturated rings. The van der Waals surface area contributed by atoms with E-state index in [0.717, 1.165) is 42.7 Å². The zero-order chi connectivity index (χ0) is 16.9. The lowest BCUT2D eigenvalue weighted by atomic mass is 10.1. The Balaban J connectivity index is 2.58. The lowest BCUT2D eigenvalue weighted by molar-refractivity contribution is -0.136. The fourth-order valence-electron chi connectivity index (χ4n) is 2.08. The molecule has 1 aromatic carbocycles. The fourth-order valence-corrected chi connectivity index (χ4v) is 2.08. The van der Waals surface area contributed by atoms with Gasteiger partial charge < -0.3 is 14.6 Å². The molecule has 128 valence electrons. The van der Waals surface area contributed by atoms with Gasteiger partial charge in [-0.3, -0.25) is 4.79 Å². The molecule has 0 bridgehead atoms. The summed E-state index contributed by atoms with van der Waals surface area (Å²) in [6, 6.07) is 6.01. The molecule has 1 aromatic rings. The van der Waals surface area contributed by atoms with Gasteiger partial charge in [-0.1, -0.05) is 32.1 Å². The number of allylic oxidation sites excluding steroid dienone is 2. The normalized spacial score (nSPS) is 10.9. The molecule has 0 saturated heterocycles. The van der Waals surface area contributed by atoms with Crippen molar-refractivity contribution in [3.8, 4) is 11.5 Å². The third-order valence-electron chi connectivity index (χ3n) is 3.25. The minimum Gasteiger partial charge on any atom is -0.493 e. The van der Waals surface area contributed by atoms with Crippen molar-refractivity contribution >= 4 is 5.97 Å². The lowest BCUT2D eigenvalue weighted by Crippen LogP contribution is -2.01. The van der Waals surface area contributed by atoms with Crippen molar-refractivity contribution in [1.29, 1.82) is 0 Å². The molecule has 0 heterocycles. The summed E-state index contributed by atoms with van der Waals surface area (Å²) in [4.78, 5) is 10.4. The van der Waals surface area contributed by atoms with Gasteiger partial charge in [0.1, 0.15) is 11.5 Å². The number of carbonyl (C=O) groups is 1. The van der Waals surface area contributed by atoms with Gasteiger partial charge in [-0.15, -0.1) is 0 Å². The van der Waals surface area contributed by atoms with Gasteiger partial charge in [0.05, 0.1) is 13.2 Å². The summed E-state index contributed by atoms with van der Waals surface area (Å²) in [6.07, 6.45) is 8.42. The van der Waals surface area contributed by atoms with Crippen LogP contribution in [0.2, 0.25) is 0 Å². The highest BCUT2D eigenvalue weighted by atomic mass is 16.5. The first-order valence-electron chi connectivity index (χ1n) is 8.42. The van der Waals surface area contributed by atoms with Crippen LogP contribution in [0.1, 0.15) is 51.5 Å². The van der Waals surface area contributed by atoms with Crippen molar-refractivity contribution in [1.82, 2.24) is 0 Å². The maximum atomic E-state index is 10.4. The van der Waals surface area contributed by atoms with E-state index in [1.807, 2.05) is 24.3 Å². The summed E-state index contributed by atoms with van der Waals surface area (Å²) < 4.78 is 11.5. The zero-order valence-corrected chi connectivity index (χ0v) is 14.2. The highest BCUT2D eigenvalue weighted by molar-refractivity contribution is 5.66. The average molecular weight is 320 g/mol. The van der Waals surface area contributed by atoms with Gasteiger partial charge in [0.25, 0.3) is 0 Å². The van der Waals surface area contributed by atoms with E-state index in [0.29, 0.717) is 19.6 Å². The Morgan fingerprint density at radius 3 is 2.48 bits per heavy atom. The van der Waals surface area contributed by atoms with E-state index in [-0.39, 0.29) is 6.42 Å². The van der Waals surface area contributed by atoms with E-state index in [9.17, 15) is 4.79 Å². The fraction of sp³-hybridized carbons (Fsp3) is 0.526. The molecule has 0 atom stereocenters. The molecule has 0 aromatic heterocycles. The Bertz CT molecular complexity index is 494. The molecule has 0 amide bonds. The monoisotopic (exact) mass is 320 g/mol. The highest BCUT2D eigenvalue weighted by Crippen LogP contribution is 2.26. The van der Waals surface area contributed by atoms with Gasteiger partial charge in [-0.05, 0) is 43.7 Å². The van der Waals surface area contributed by atoms with Crippen LogP contribution >= 0.6 is 0 Å². The number of benzene rings is 1. The molecular weight excluding hydrogens is 292 g/mol. The molecule has 23 heavy (non-hydrogen) atoms. The van der Waals surface area contributed by atoms with Crippen molar-refractivity contribution in [2.24, 2.45) is 0 Å². The predicted molar refractivity (Wildman–Crippen MR) is 92.3 cm³/mol. The van der Waals surface area contributed by atoms with Gasteiger partial charge >= 0.3 is 5.97 Å². The van der Waals surface area contributed by atoms with Crippen LogP contribution in [-0.4, -0.2) is 24.3 Å². The summed E-state index contributed by atoms with van der Waals surface area (Å²) >= 11 is 0. The number of aliphatic carboxylic acids is 1. The van der Waals surface area contributed by atoms with E-state index in [2.05, 4.69) is 19.9 Å². The van der Waals surface area contributed by atoms with E-state index >= 15 is 0 Å². The number of rotatable bonds is 12. The third kappa shape index (κ3) is 8.29. The number of carboxylic acids is 1. The Hall–Kier alpha value is -1.97. The Morgan fingerprint density at radius 1 is 1.09 bits per heavy atom. The molecule has 0 aliphatic heterocycles. The van der Waals surface area contributed by atoms with Gasteiger partial charge in [-0.2, -0.15) is 0 Å². The van der Waals surface area contributed by atoms with Crippen LogP contribution in [-0.2, 0) is 11.2 Å². The minimum absolute atomic E-state index is 0.185. The predicted octanol–water partition coefficient (Wildman–Crippen LogP) is 4.62. The van der Waals surface area contributed by atoms with Crippen LogP contribution in [0.5, 0.6) is 11.5 Å². The molecule has 1 rings (SSSR count). The summed E-state index contributed by atoms with van der Waals surface area (Å²) in [5.74, 6) is 0.977. The third-order valence-corrected chi connectivity index (χ3v) is 3.25. The molecule has 0 aliphatic carbocycles. The lowest BCUT2D eigenvalue weighted by Gasteiger charge is -2.13. The summed E-state index contributed by atoms with van der Waals surface area (Å²) in [5, 5.41) is 8.59. The summed E-state index contributed by atoms with van der Waals surface area (Å²) in [5.41, 5.74) is 1.16. The maximum absolute atomic E-state index is 10.4. The number of hydrogen-bond donors (Lipinski definition) is 1. The molecular formula is C19H28O4. The molecule has 4 nitrogen and oxygen atoms in total. The zero-order valence-electron chi connectivity index (χ0n) is 14.2. The first-order valence-corrected chi connectivity index (χ1v) is 8.42. The SMILES string of the molecule is CCCOc1ccc(CC/C=C/CCC(=O)O)c(OCCC)c1. The van der Waals surface area contributed by atoms with Gasteiger partial charge in [0, 0.05) is 12.5 Å². The molecule has 1 N–H and O–H groups in total. The second kappa shape index (κ2) is 11.6. The van der Waals surface area contributed by atoms with Crippen molar-refractivity contribution in [2.75, 3.05) is 13.2 Å². The maximum Gasteiger partial charge on any atom is 0.303 e. The smallest absolute Gasteiger partial charge is 0.303 e. The van der Waals surface area contributed by atoms with Gasteiger partial charge in [0.15, 0.2) is 0 Å². The van der Waals surface area contributed by atoms with Crippen molar-refractivity contribution in [2.45, 2.75) is 52.4 Å². The van der Waals surface area contributed by atoms with Crippen LogP contribution in [0.3, 0.4) is 0 Å². The van der Waals surface area contributed by atoms with Crippen LogP contribution < -0.4 is 9.47 Å². The van der Waals surface area contributed by atoms with Gasteiger partial charge in [-0.25, -0.2) is 0 Å². The summed E-state index contributed by atoms with van der Waals surface area (Å²) in [7, 11) is 0. The van der Waals surface area contributed by atoms with Gasteiger partial charge in [0.2, 0.25) is 0 Å². The second-order valence-electron chi connectivity index (χ2n) is 5.41. The Kier molecular flexibility index (Phi) is 9.60. The minimum atomic E-state index is -0.757. The number of hydrogen-bond acceptors (Lipinski definition) is 3. The Morgan fingerprint density at radius 2 is 1.78 bits per heavy atom. The van der Waals surface area contributed by atoms with E-state index in [1.165, 1.54) is 0 Å². The Labute approximate surface area is 139 Å². The van der Waals surface area contributed by atoms with Crippen LogP contribution in [0.4, 0.5) is 0 Å². The number of carboxylic acid groups (broad SMARTS) is 1. The first-order chi connectivity index (χ1) is 11.2. The largest absolute Gasteiger partial charge is 0.493 e. The molecule has 0 radical (unpaired) electrons. The molecule has 4 heteroatoms. The van der Waals surface area contributed by atoms with Crippen molar-refractivity contribution in [3.63, 3.8) is 0 Å². The molecule has 0 spiro atoms. The number of aryl methyl sites for hydroxylation is 1. The molecule has 0 saturated carbocycles. The van der Waals surface area contributed by atoms with Crippen LogP contribution in [0.15, 0.2) is 30.4 Å². The van der Waals surface area contributed by atoms with Crippen molar-refractivity contribution in [3.05, 3.63) is 35.9 Å². The van der Waals surface area contributed by atoms with E-state index in [4.69, 9.17) is 14.6 Å². The highest BCUT2D eigenvalue weighted by Gasteiger charge is 2.06. The molecule has 0 unspecified atom stereocenters. The first kappa shape index (κ1) is 19.1. The van der Waals surface area contributed by atoms with Crippen LogP contribution in [0, 0.1) is 0 Å². The quantitative estimate of drug-likeness (QED) is 0.571. The second-order valence-corrected chi connectivity index (χ2v) is 5.41.